The predicted octanol–water partition coefficient (Wildman–Crippen LogP) is 2.74. The van der Waals surface area contributed by atoms with E-state index < -0.39 is 10.0 Å². The third kappa shape index (κ3) is 6.47. The molecular formula is C21H28N2O5S. The van der Waals surface area contributed by atoms with Crippen LogP contribution >= 0.6 is 0 Å². The van der Waals surface area contributed by atoms with Gasteiger partial charge in [-0.15, -0.1) is 0 Å². The van der Waals surface area contributed by atoms with E-state index in [2.05, 4.69) is 5.32 Å². The first-order valence-corrected chi connectivity index (χ1v) is 10.9. The number of amides is 1. The second kappa shape index (κ2) is 10.8. The highest BCUT2D eigenvalue weighted by Crippen LogP contribution is 2.25. The summed E-state index contributed by atoms with van der Waals surface area (Å²) in [6.07, 6.45) is 0.735. The molecule has 0 heterocycles. The van der Waals surface area contributed by atoms with Gasteiger partial charge >= 0.3 is 0 Å². The normalized spacial score (nSPS) is 11.1. The lowest BCUT2D eigenvalue weighted by Gasteiger charge is -2.23. The van der Waals surface area contributed by atoms with Gasteiger partial charge in [-0.1, -0.05) is 17.7 Å². The fraction of sp³-hybridized carbons (Fsp3) is 0.381. The molecule has 0 saturated heterocycles. The third-order valence-corrected chi connectivity index (χ3v) is 6.16. The number of aryl methyl sites for hydroxylation is 1. The first-order chi connectivity index (χ1) is 13.9. The molecule has 2 rings (SSSR count). The Hall–Kier alpha value is -2.58. The van der Waals surface area contributed by atoms with E-state index in [4.69, 9.17) is 9.47 Å². The van der Waals surface area contributed by atoms with Crippen LogP contribution in [0, 0.1) is 6.92 Å². The molecule has 0 radical (unpaired) electrons. The van der Waals surface area contributed by atoms with Crippen LogP contribution in [0.1, 0.15) is 18.9 Å². The van der Waals surface area contributed by atoms with Gasteiger partial charge in [-0.25, -0.2) is 8.42 Å². The van der Waals surface area contributed by atoms with Crippen LogP contribution in [-0.4, -0.2) is 47.7 Å². The lowest BCUT2D eigenvalue weighted by Crippen LogP contribution is -2.31. The highest BCUT2D eigenvalue weighted by molar-refractivity contribution is 7.92. The minimum atomic E-state index is -3.66. The van der Waals surface area contributed by atoms with Crippen molar-refractivity contribution >= 4 is 21.6 Å². The van der Waals surface area contributed by atoms with Crippen molar-refractivity contribution < 1.29 is 22.7 Å². The second-order valence-electron chi connectivity index (χ2n) is 6.46. The quantitative estimate of drug-likeness (QED) is 0.565. The van der Waals surface area contributed by atoms with Crippen LogP contribution < -0.4 is 14.4 Å². The highest BCUT2D eigenvalue weighted by Gasteiger charge is 2.23. The molecule has 0 aliphatic rings. The van der Waals surface area contributed by atoms with Gasteiger partial charge < -0.3 is 14.8 Å². The minimum Gasteiger partial charge on any atom is -0.484 e. The number of carbonyl (C=O) groups is 1. The molecule has 29 heavy (non-hydrogen) atoms. The lowest BCUT2D eigenvalue weighted by molar-refractivity contribution is -0.123. The number of ether oxygens (including phenoxy) is 2. The van der Waals surface area contributed by atoms with Crippen LogP contribution in [0.4, 0.5) is 5.69 Å². The molecule has 1 amide bonds. The number of methoxy groups -OCH3 is 1. The van der Waals surface area contributed by atoms with Crippen LogP contribution in [0.5, 0.6) is 5.75 Å². The molecule has 158 valence electrons. The van der Waals surface area contributed by atoms with Gasteiger partial charge in [0.25, 0.3) is 15.9 Å². The molecule has 0 bridgehead atoms. The zero-order chi connectivity index (χ0) is 21.3. The molecule has 0 fully saturated rings. The number of nitrogens with one attached hydrogen (secondary N) is 1. The predicted molar refractivity (Wildman–Crippen MR) is 113 cm³/mol. The number of nitrogens with zero attached hydrogens (tertiary/aromatic N) is 1. The van der Waals surface area contributed by atoms with Crippen LogP contribution in [0.3, 0.4) is 0 Å². The van der Waals surface area contributed by atoms with Gasteiger partial charge in [-0.2, -0.15) is 0 Å². The number of hydrogen-bond donors (Lipinski definition) is 1. The van der Waals surface area contributed by atoms with Crippen molar-refractivity contribution in [2.24, 2.45) is 0 Å². The monoisotopic (exact) mass is 420 g/mol. The van der Waals surface area contributed by atoms with Gasteiger partial charge in [0.05, 0.1) is 10.6 Å². The molecule has 2 aromatic carbocycles. The van der Waals surface area contributed by atoms with Gasteiger partial charge in [-0.05, 0) is 56.7 Å². The summed E-state index contributed by atoms with van der Waals surface area (Å²) in [4.78, 5) is 12.0. The van der Waals surface area contributed by atoms with E-state index in [9.17, 15) is 13.2 Å². The van der Waals surface area contributed by atoms with Crippen molar-refractivity contribution in [3.05, 3.63) is 54.1 Å². The molecule has 0 aliphatic heterocycles. The summed E-state index contributed by atoms with van der Waals surface area (Å²) in [5.41, 5.74) is 1.53. The number of anilines is 1. The van der Waals surface area contributed by atoms with Gasteiger partial charge in [0, 0.05) is 26.8 Å². The van der Waals surface area contributed by atoms with Crippen LogP contribution in [-0.2, 0) is 19.6 Å². The molecular weight excluding hydrogens is 392 g/mol. The van der Waals surface area contributed by atoms with Gasteiger partial charge in [0.1, 0.15) is 5.75 Å². The minimum absolute atomic E-state index is 0.106. The Bertz CT molecular complexity index is 880. The van der Waals surface area contributed by atoms with E-state index in [0.29, 0.717) is 31.1 Å². The Kier molecular flexibility index (Phi) is 8.48. The summed E-state index contributed by atoms with van der Waals surface area (Å²) in [6, 6.07) is 13.4. The van der Waals surface area contributed by atoms with Gasteiger partial charge in [0.15, 0.2) is 6.61 Å². The summed E-state index contributed by atoms with van der Waals surface area (Å²) >= 11 is 0. The first-order valence-electron chi connectivity index (χ1n) is 9.46. The maximum atomic E-state index is 13.0. The van der Waals surface area contributed by atoms with E-state index in [0.717, 1.165) is 12.0 Å². The zero-order valence-electron chi connectivity index (χ0n) is 17.1. The van der Waals surface area contributed by atoms with Crippen molar-refractivity contribution in [2.45, 2.75) is 25.2 Å². The fourth-order valence-corrected chi connectivity index (χ4v) is 4.16. The van der Waals surface area contributed by atoms with Crippen molar-refractivity contribution in [1.82, 2.24) is 5.32 Å². The van der Waals surface area contributed by atoms with E-state index in [1.807, 2.05) is 6.92 Å². The number of sulfonamides is 1. The maximum Gasteiger partial charge on any atom is 0.264 e. The molecule has 0 aliphatic carbocycles. The van der Waals surface area contributed by atoms with Crippen molar-refractivity contribution in [3.8, 4) is 5.75 Å². The topological polar surface area (TPSA) is 84.9 Å². The molecule has 0 aromatic heterocycles. The smallest absolute Gasteiger partial charge is 0.264 e. The average molecular weight is 421 g/mol. The van der Waals surface area contributed by atoms with Crippen molar-refractivity contribution in [1.29, 1.82) is 0 Å². The van der Waals surface area contributed by atoms with Crippen LogP contribution in [0.25, 0.3) is 0 Å². The van der Waals surface area contributed by atoms with Crippen molar-refractivity contribution in [3.63, 3.8) is 0 Å². The number of rotatable bonds is 11. The maximum absolute atomic E-state index is 13.0. The average Bonchev–Trinajstić information content (AvgIpc) is 2.71. The number of benzene rings is 2. The Morgan fingerprint density at radius 1 is 1.07 bits per heavy atom. The largest absolute Gasteiger partial charge is 0.484 e. The molecule has 0 saturated carbocycles. The first kappa shape index (κ1) is 22.7. The Balaban J connectivity index is 2.00. The van der Waals surface area contributed by atoms with Gasteiger partial charge in [0.2, 0.25) is 0 Å². The van der Waals surface area contributed by atoms with E-state index in [1.165, 1.54) is 4.31 Å². The summed E-state index contributed by atoms with van der Waals surface area (Å²) in [7, 11) is -2.05. The summed E-state index contributed by atoms with van der Waals surface area (Å²) in [5.74, 6) is 0.270. The number of carbonyl (C=O) groups excluding carboxylic acids is 1. The van der Waals surface area contributed by atoms with E-state index in [1.54, 1.807) is 62.6 Å². The molecule has 7 nitrogen and oxygen atoms in total. The molecule has 1 N–H and O–H groups in total. The molecule has 0 unspecified atom stereocenters. The molecule has 0 atom stereocenters. The molecule has 8 heteroatoms. The molecule has 0 spiro atoms. The Morgan fingerprint density at radius 2 is 1.72 bits per heavy atom. The number of hydrogen-bond acceptors (Lipinski definition) is 5. The Morgan fingerprint density at radius 3 is 2.31 bits per heavy atom. The summed E-state index contributed by atoms with van der Waals surface area (Å²) < 4.78 is 37.6. The van der Waals surface area contributed by atoms with E-state index in [-0.39, 0.29) is 17.4 Å². The van der Waals surface area contributed by atoms with Crippen molar-refractivity contribution in [2.75, 3.05) is 37.7 Å². The zero-order valence-corrected chi connectivity index (χ0v) is 17.9. The Labute approximate surface area is 172 Å². The van der Waals surface area contributed by atoms with Crippen LogP contribution in [0.15, 0.2) is 53.4 Å². The highest BCUT2D eigenvalue weighted by atomic mass is 32.2. The SMILES string of the molecule is CCN(c1ccc(OCC(=O)NCCCOC)cc1)S(=O)(=O)c1ccc(C)cc1. The fourth-order valence-electron chi connectivity index (χ4n) is 2.68. The van der Waals surface area contributed by atoms with Crippen LogP contribution in [0.2, 0.25) is 0 Å². The standard InChI is InChI=1S/C21H28N2O5S/c1-4-23(29(25,26)20-12-6-17(2)7-13-20)18-8-10-19(11-9-18)28-16-21(24)22-14-5-15-27-3/h6-13H,4-5,14-16H2,1-3H3,(H,22,24). The van der Waals surface area contributed by atoms with Gasteiger partial charge in [-0.3, -0.25) is 9.10 Å². The van der Waals surface area contributed by atoms with E-state index >= 15 is 0 Å². The molecule has 2 aromatic rings. The summed E-state index contributed by atoms with van der Waals surface area (Å²) in [6.45, 7) is 4.99. The summed E-state index contributed by atoms with van der Waals surface area (Å²) in [5, 5.41) is 2.74. The lowest BCUT2D eigenvalue weighted by atomic mass is 10.2. The third-order valence-electron chi connectivity index (χ3n) is 4.24. The second-order valence-corrected chi connectivity index (χ2v) is 8.32.